The van der Waals surface area contributed by atoms with Crippen molar-refractivity contribution in [3.8, 4) is 0 Å². The lowest BCUT2D eigenvalue weighted by Gasteiger charge is -2.13. The number of thiocarbonyl (C=S) groups is 1. The van der Waals surface area contributed by atoms with Gasteiger partial charge in [0.1, 0.15) is 11.6 Å². The number of hydrogen-bond donors (Lipinski definition) is 4. The summed E-state index contributed by atoms with van der Waals surface area (Å²) in [6.07, 6.45) is 0.562. The Labute approximate surface area is 164 Å². The summed E-state index contributed by atoms with van der Waals surface area (Å²) in [5.41, 5.74) is 12.3. The van der Waals surface area contributed by atoms with Gasteiger partial charge in [0, 0.05) is 22.1 Å². The molecule has 0 saturated heterocycles. The van der Waals surface area contributed by atoms with Crippen molar-refractivity contribution in [2.24, 2.45) is 11.5 Å². The smallest absolute Gasteiger partial charge is 0.163 e. The van der Waals surface area contributed by atoms with E-state index in [1.165, 1.54) is 47.8 Å². The van der Waals surface area contributed by atoms with Crippen LogP contribution in [0, 0.1) is 17.0 Å². The van der Waals surface area contributed by atoms with E-state index in [1.54, 1.807) is 12.1 Å². The fraction of sp³-hybridized carbons (Fsp3) is 0.176. The van der Waals surface area contributed by atoms with Crippen LogP contribution in [-0.4, -0.2) is 16.0 Å². The van der Waals surface area contributed by atoms with Gasteiger partial charge in [-0.3, -0.25) is 5.41 Å². The first-order valence-corrected chi connectivity index (χ1v) is 9.81. The second-order valence-corrected chi connectivity index (χ2v) is 7.95. The molecule has 0 saturated carbocycles. The number of thioether (sulfide) groups is 1. The van der Waals surface area contributed by atoms with Gasteiger partial charge in [-0.1, -0.05) is 23.5 Å². The fourth-order valence-corrected chi connectivity index (χ4v) is 3.88. The van der Waals surface area contributed by atoms with Gasteiger partial charge >= 0.3 is 0 Å². The van der Waals surface area contributed by atoms with Crippen molar-refractivity contribution in [1.29, 1.82) is 5.41 Å². The maximum absolute atomic E-state index is 13.6. The van der Waals surface area contributed by atoms with Gasteiger partial charge in [-0.15, -0.1) is 0 Å². The number of rotatable bonds is 7. The third-order valence-corrected chi connectivity index (χ3v) is 5.45. The molecule has 2 aromatic carbocycles. The molecule has 9 heteroatoms. The number of benzene rings is 2. The summed E-state index contributed by atoms with van der Waals surface area (Å²) >= 11 is 7.42. The largest absolute Gasteiger partial charge is 0.379 e. The number of nitrogens with one attached hydrogen (secondary N) is 2. The first kappa shape index (κ1) is 20.5. The minimum Gasteiger partial charge on any atom is -0.379 e. The number of halogens is 2. The van der Waals surface area contributed by atoms with E-state index in [0.717, 1.165) is 15.4 Å². The molecule has 0 heterocycles. The molecule has 2 aromatic rings. The van der Waals surface area contributed by atoms with Crippen molar-refractivity contribution in [3.63, 3.8) is 0 Å². The van der Waals surface area contributed by atoms with Crippen molar-refractivity contribution in [2.75, 3.05) is 5.75 Å². The van der Waals surface area contributed by atoms with Crippen molar-refractivity contribution >= 4 is 46.0 Å². The van der Waals surface area contributed by atoms with E-state index in [4.69, 9.17) is 29.1 Å². The fourth-order valence-electron chi connectivity index (χ4n) is 2.20. The quantitative estimate of drug-likeness (QED) is 0.316. The summed E-state index contributed by atoms with van der Waals surface area (Å²) in [6.45, 7) is 0.298. The van der Waals surface area contributed by atoms with Crippen LogP contribution in [0.5, 0.6) is 0 Å². The molecule has 0 atom stereocenters. The van der Waals surface area contributed by atoms with Crippen molar-refractivity contribution in [3.05, 3.63) is 59.2 Å². The monoisotopic (exact) mass is 412 g/mol. The third-order valence-electron chi connectivity index (χ3n) is 3.35. The topological polar surface area (TPSA) is 87.9 Å². The molecule has 2 rings (SSSR count). The predicted octanol–water partition coefficient (Wildman–Crippen LogP) is 3.62. The number of amidine groups is 1. The molecular weight excluding hydrogens is 394 g/mol. The summed E-state index contributed by atoms with van der Waals surface area (Å²) < 4.78 is 27.2. The van der Waals surface area contributed by atoms with Gasteiger partial charge < -0.3 is 16.8 Å². The molecule has 26 heavy (non-hydrogen) atoms. The maximum Gasteiger partial charge on any atom is 0.163 e. The Hall–Kier alpha value is -1.84. The minimum atomic E-state index is -0.355. The van der Waals surface area contributed by atoms with Crippen LogP contribution in [0.1, 0.15) is 11.1 Å². The molecule has 0 unspecified atom stereocenters. The third kappa shape index (κ3) is 6.47. The standard InChI is InChI=1S/C17H18F2N4S3/c18-12-1-3-14(10(7-12)5-6-25-16(20)21)26-15-4-2-13(19)8-11(15)9-23-17(22)24/h1-4,7-8H,5-6,9H2,(H3,20,21)(H3,22,23,24). The highest BCUT2D eigenvalue weighted by molar-refractivity contribution is 8.13. The average Bonchev–Trinajstić information content (AvgIpc) is 2.56. The Kier molecular flexibility index (Phi) is 7.67. The summed E-state index contributed by atoms with van der Waals surface area (Å²) in [5, 5.41) is 10.2. The van der Waals surface area contributed by atoms with Crippen LogP contribution in [0.4, 0.5) is 8.78 Å². The molecule has 6 N–H and O–H groups in total. The van der Waals surface area contributed by atoms with Crippen LogP contribution in [0.15, 0.2) is 46.2 Å². The van der Waals surface area contributed by atoms with Gasteiger partial charge in [0.05, 0.1) is 0 Å². The molecular formula is C17H18F2N4S3. The molecule has 0 amide bonds. The average molecular weight is 413 g/mol. The lowest BCUT2D eigenvalue weighted by molar-refractivity contribution is 0.622. The van der Waals surface area contributed by atoms with Crippen molar-refractivity contribution in [1.82, 2.24) is 5.32 Å². The number of hydrogen-bond acceptors (Lipinski definition) is 4. The molecule has 0 aliphatic heterocycles. The van der Waals surface area contributed by atoms with Crippen molar-refractivity contribution < 1.29 is 8.78 Å². The Morgan fingerprint density at radius 1 is 1.04 bits per heavy atom. The van der Waals surface area contributed by atoms with Gasteiger partial charge in [0.25, 0.3) is 0 Å². The molecule has 0 radical (unpaired) electrons. The molecule has 0 aliphatic carbocycles. The molecule has 138 valence electrons. The summed E-state index contributed by atoms with van der Waals surface area (Å²) in [6, 6.07) is 9.03. The van der Waals surface area contributed by atoms with Crippen molar-refractivity contribution in [2.45, 2.75) is 22.8 Å². The Morgan fingerprint density at radius 2 is 1.62 bits per heavy atom. The number of nitrogens with two attached hydrogens (primary N) is 2. The van der Waals surface area contributed by atoms with Gasteiger partial charge in [0.2, 0.25) is 0 Å². The molecule has 0 spiro atoms. The van der Waals surface area contributed by atoms with Gasteiger partial charge in [-0.25, -0.2) is 8.78 Å². The minimum absolute atomic E-state index is 0.0280. The second-order valence-electron chi connectivity index (χ2n) is 5.29. The lowest BCUT2D eigenvalue weighted by Crippen LogP contribution is -2.28. The summed E-state index contributed by atoms with van der Waals surface area (Å²) in [7, 11) is 0. The molecule has 0 bridgehead atoms. The van der Waals surface area contributed by atoms with Crippen LogP contribution in [-0.2, 0) is 13.0 Å². The molecule has 4 nitrogen and oxygen atoms in total. The van der Waals surface area contributed by atoms with E-state index in [0.29, 0.717) is 24.3 Å². The van der Waals surface area contributed by atoms with E-state index >= 15 is 0 Å². The highest BCUT2D eigenvalue weighted by atomic mass is 32.2. The van der Waals surface area contributed by atoms with Crippen LogP contribution in [0.3, 0.4) is 0 Å². The highest BCUT2D eigenvalue weighted by Crippen LogP contribution is 2.34. The zero-order valence-corrected chi connectivity index (χ0v) is 16.2. The predicted molar refractivity (Wildman–Crippen MR) is 109 cm³/mol. The van der Waals surface area contributed by atoms with E-state index < -0.39 is 0 Å². The number of aryl methyl sites for hydroxylation is 1. The molecule has 0 aliphatic rings. The Bertz CT molecular complexity index is 815. The van der Waals surface area contributed by atoms with E-state index in [2.05, 4.69) is 5.32 Å². The summed E-state index contributed by atoms with van der Waals surface area (Å²) in [4.78, 5) is 1.68. The lowest BCUT2D eigenvalue weighted by atomic mass is 10.2. The van der Waals surface area contributed by atoms with E-state index in [9.17, 15) is 8.78 Å². The zero-order chi connectivity index (χ0) is 19.1. The Balaban J connectivity index is 2.24. The van der Waals surface area contributed by atoms with Gasteiger partial charge in [-0.2, -0.15) is 0 Å². The molecule has 0 fully saturated rings. The normalized spacial score (nSPS) is 10.5. The summed E-state index contributed by atoms with van der Waals surface area (Å²) in [5.74, 6) is -0.107. The van der Waals surface area contributed by atoms with Gasteiger partial charge in [0.15, 0.2) is 10.3 Å². The van der Waals surface area contributed by atoms with Gasteiger partial charge in [-0.05, 0) is 66.2 Å². The van der Waals surface area contributed by atoms with Crippen LogP contribution in [0.25, 0.3) is 0 Å². The van der Waals surface area contributed by atoms with E-state index in [-0.39, 0.29) is 21.9 Å². The second kappa shape index (κ2) is 9.75. The van der Waals surface area contributed by atoms with Crippen LogP contribution >= 0.6 is 35.7 Å². The molecule has 0 aromatic heterocycles. The van der Waals surface area contributed by atoms with E-state index in [1.807, 2.05) is 0 Å². The Morgan fingerprint density at radius 3 is 2.19 bits per heavy atom. The zero-order valence-electron chi connectivity index (χ0n) is 13.7. The first-order valence-electron chi connectivity index (χ1n) is 7.60. The van der Waals surface area contributed by atoms with Crippen LogP contribution < -0.4 is 16.8 Å². The SMILES string of the molecule is N=C(N)SCCc1cc(F)ccc1Sc1ccc(F)cc1CNC(N)=S. The highest BCUT2D eigenvalue weighted by Gasteiger charge is 2.11. The first-order chi connectivity index (χ1) is 12.3. The van der Waals surface area contributed by atoms with Crippen LogP contribution in [0.2, 0.25) is 0 Å². The maximum atomic E-state index is 13.6.